The summed E-state index contributed by atoms with van der Waals surface area (Å²) in [7, 11) is 0. The molecule has 0 saturated carbocycles. The first kappa shape index (κ1) is 17.9. The third kappa shape index (κ3) is 5.66. The van der Waals surface area contributed by atoms with Gasteiger partial charge in [-0.25, -0.2) is 4.79 Å². The van der Waals surface area contributed by atoms with Crippen LogP contribution in [-0.4, -0.2) is 21.8 Å². The summed E-state index contributed by atoms with van der Waals surface area (Å²) < 4.78 is 5.36. The number of aliphatic hydroxyl groups is 1. The molecule has 0 aliphatic rings. The average Bonchev–Trinajstić information content (AvgIpc) is 2.54. The van der Waals surface area contributed by atoms with Crippen molar-refractivity contribution < 1.29 is 14.6 Å². The van der Waals surface area contributed by atoms with Crippen LogP contribution in [0.3, 0.4) is 0 Å². The minimum absolute atomic E-state index is 0.0163. The van der Waals surface area contributed by atoms with Crippen LogP contribution >= 0.6 is 0 Å². The Morgan fingerprint density at radius 3 is 2.42 bits per heavy atom. The van der Waals surface area contributed by atoms with E-state index < -0.39 is 11.7 Å². The van der Waals surface area contributed by atoms with Crippen molar-refractivity contribution >= 4 is 6.09 Å². The summed E-state index contributed by atoms with van der Waals surface area (Å²) in [5.74, 6) is 0. The highest BCUT2D eigenvalue weighted by atomic mass is 16.6. The van der Waals surface area contributed by atoms with Crippen molar-refractivity contribution in [3.05, 3.63) is 65.5 Å². The molecular formula is C19H24N2O3. The Kier molecular flexibility index (Phi) is 5.93. The van der Waals surface area contributed by atoms with Gasteiger partial charge in [0.15, 0.2) is 0 Å². The van der Waals surface area contributed by atoms with Gasteiger partial charge in [0.1, 0.15) is 5.60 Å². The van der Waals surface area contributed by atoms with E-state index in [-0.39, 0.29) is 12.6 Å². The molecule has 5 nitrogen and oxygen atoms in total. The topological polar surface area (TPSA) is 71.5 Å². The van der Waals surface area contributed by atoms with Gasteiger partial charge in [-0.2, -0.15) is 0 Å². The van der Waals surface area contributed by atoms with Gasteiger partial charge in [0.05, 0.1) is 12.6 Å². The smallest absolute Gasteiger partial charge is 0.408 e. The second-order valence-electron chi connectivity index (χ2n) is 6.66. The number of hydrogen-bond acceptors (Lipinski definition) is 4. The Hall–Kier alpha value is -2.40. The number of hydrogen-bond donors (Lipinski definition) is 2. The van der Waals surface area contributed by atoms with Crippen molar-refractivity contribution in [3.63, 3.8) is 0 Å². The van der Waals surface area contributed by atoms with Gasteiger partial charge in [-0.1, -0.05) is 30.3 Å². The average molecular weight is 328 g/mol. The number of nitrogens with zero attached hydrogens (tertiary/aromatic N) is 1. The maximum atomic E-state index is 12.1. The normalized spacial score (nSPS) is 12.5. The number of ether oxygens (including phenoxy) is 1. The van der Waals surface area contributed by atoms with Gasteiger partial charge in [0.2, 0.25) is 0 Å². The largest absolute Gasteiger partial charge is 0.444 e. The molecule has 0 aliphatic carbocycles. The Bertz CT molecular complexity index is 649. The summed E-state index contributed by atoms with van der Waals surface area (Å²) in [6.45, 7) is 5.51. The molecule has 1 heterocycles. The fraction of sp³-hybridized carbons (Fsp3) is 0.368. The lowest BCUT2D eigenvalue weighted by molar-refractivity contribution is 0.0503. The van der Waals surface area contributed by atoms with E-state index in [2.05, 4.69) is 10.3 Å². The second-order valence-corrected chi connectivity index (χ2v) is 6.66. The summed E-state index contributed by atoms with van der Waals surface area (Å²) in [4.78, 5) is 16.3. The maximum absolute atomic E-state index is 12.1. The van der Waals surface area contributed by atoms with Crippen molar-refractivity contribution in [1.82, 2.24) is 10.3 Å². The van der Waals surface area contributed by atoms with E-state index in [9.17, 15) is 4.79 Å². The third-order valence-electron chi connectivity index (χ3n) is 3.42. The van der Waals surface area contributed by atoms with Gasteiger partial charge in [-0.3, -0.25) is 4.98 Å². The minimum atomic E-state index is -0.549. The summed E-state index contributed by atoms with van der Waals surface area (Å²) >= 11 is 0. The Labute approximate surface area is 142 Å². The predicted octanol–water partition coefficient (Wildman–Crippen LogP) is 3.38. The first-order chi connectivity index (χ1) is 11.4. The molecule has 0 aliphatic heterocycles. The molecule has 1 unspecified atom stereocenters. The fourth-order valence-electron chi connectivity index (χ4n) is 2.30. The molecule has 2 rings (SSSR count). The first-order valence-electron chi connectivity index (χ1n) is 7.95. The molecule has 24 heavy (non-hydrogen) atoms. The first-order valence-corrected chi connectivity index (χ1v) is 7.95. The molecule has 1 aromatic heterocycles. The van der Waals surface area contributed by atoms with Crippen LogP contribution in [0.25, 0.3) is 0 Å². The van der Waals surface area contributed by atoms with Crippen LogP contribution in [0.5, 0.6) is 0 Å². The van der Waals surface area contributed by atoms with Gasteiger partial charge >= 0.3 is 6.09 Å². The molecule has 0 radical (unpaired) electrons. The Morgan fingerprint density at radius 1 is 1.21 bits per heavy atom. The highest BCUT2D eigenvalue weighted by Gasteiger charge is 2.21. The number of amides is 1. The van der Waals surface area contributed by atoms with Crippen LogP contribution in [0.4, 0.5) is 4.79 Å². The van der Waals surface area contributed by atoms with E-state index in [1.165, 1.54) is 0 Å². The number of carbonyl (C=O) groups is 1. The standard InChI is InChI=1S/C19H24N2O3/c1-19(2,3)24-18(23)21-17(16-5-4-10-20-12-16)11-14-6-8-15(13-22)9-7-14/h4-10,12,17,22H,11,13H2,1-3H3,(H,21,23). The number of benzene rings is 1. The zero-order valence-corrected chi connectivity index (χ0v) is 14.3. The van der Waals surface area contributed by atoms with Crippen molar-refractivity contribution in [2.45, 2.75) is 45.4 Å². The number of nitrogens with one attached hydrogen (secondary N) is 1. The van der Waals surface area contributed by atoms with Crippen LogP contribution in [-0.2, 0) is 17.8 Å². The number of pyridine rings is 1. The number of carbonyl (C=O) groups excluding carboxylic acids is 1. The molecule has 5 heteroatoms. The molecular weight excluding hydrogens is 304 g/mol. The molecule has 0 bridgehead atoms. The number of aliphatic hydroxyl groups excluding tert-OH is 1. The SMILES string of the molecule is CC(C)(C)OC(=O)NC(Cc1ccc(CO)cc1)c1cccnc1. The predicted molar refractivity (Wildman–Crippen MR) is 92.4 cm³/mol. The number of rotatable bonds is 5. The van der Waals surface area contributed by atoms with E-state index in [1.807, 2.05) is 57.2 Å². The zero-order chi connectivity index (χ0) is 17.6. The van der Waals surface area contributed by atoms with Crippen LogP contribution in [0.1, 0.15) is 43.5 Å². The Morgan fingerprint density at radius 2 is 1.88 bits per heavy atom. The summed E-state index contributed by atoms with van der Waals surface area (Å²) in [5, 5.41) is 12.1. The van der Waals surface area contributed by atoms with Gasteiger partial charge < -0.3 is 15.2 Å². The molecule has 128 valence electrons. The van der Waals surface area contributed by atoms with Crippen molar-refractivity contribution in [3.8, 4) is 0 Å². The highest BCUT2D eigenvalue weighted by molar-refractivity contribution is 5.68. The second kappa shape index (κ2) is 7.93. The summed E-state index contributed by atoms with van der Waals surface area (Å²) in [6, 6.07) is 11.2. The molecule has 0 saturated heterocycles. The number of alkyl carbamates (subject to hydrolysis) is 1. The minimum Gasteiger partial charge on any atom is -0.444 e. The van der Waals surface area contributed by atoms with E-state index in [0.717, 1.165) is 16.7 Å². The van der Waals surface area contributed by atoms with E-state index in [4.69, 9.17) is 9.84 Å². The van der Waals surface area contributed by atoms with Crippen molar-refractivity contribution in [2.24, 2.45) is 0 Å². The van der Waals surface area contributed by atoms with Crippen LogP contribution in [0.2, 0.25) is 0 Å². The zero-order valence-electron chi connectivity index (χ0n) is 14.3. The van der Waals surface area contributed by atoms with E-state index >= 15 is 0 Å². The quantitative estimate of drug-likeness (QED) is 0.882. The highest BCUT2D eigenvalue weighted by Crippen LogP contribution is 2.19. The molecule has 2 aromatic rings. The lowest BCUT2D eigenvalue weighted by atomic mass is 9.99. The molecule has 0 fully saturated rings. The van der Waals surface area contributed by atoms with Gasteiger partial charge in [0, 0.05) is 12.4 Å². The van der Waals surface area contributed by atoms with Crippen molar-refractivity contribution in [2.75, 3.05) is 0 Å². The lowest BCUT2D eigenvalue weighted by Gasteiger charge is -2.24. The monoisotopic (exact) mass is 328 g/mol. The van der Waals surface area contributed by atoms with E-state index in [1.54, 1.807) is 12.4 Å². The van der Waals surface area contributed by atoms with Crippen LogP contribution in [0.15, 0.2) is 48.8 Å². The lowest BCUT2D eigenvalue weighted by Crippen LogP contribution is -2.35. The maximum Gasteiger partial charge on any atom is 0.408 e. The Balaban J connectivity index is 2.15. The van der Waals surface area contributed by atoms with Gasteiger partial charge in [0.25, 0.3) is 0 Å². The number of aromatic nitrogens is 1. The van der Waals surface area contributed by atoms with Crippen LogP contribution in [0, 0.1) is 0 Å². The molecule has 1 atom stereocenters. The molecule has 1 amide bonds. The molecule has 2 N–H and O–H groups in total. The van der Waals surface area contributed by atoms with Gasteiger partial charge in [-0.15, -0.1) is 0 Å². The van der Waals surface area contributed by atoms with Gasteiger partial charge in [-0.05, 0) is 49.9 Å². The van der Waals surface area contributed by atoms with Crippen LogP contribution < -0.4 is 5.32 Å². The molecule has 0 spiro atoms. The fourth-order valence-corrected chi connectivity index (χ4v) is 2.30. The summed E-state index contributed by atoms with van der Waals surface area (Å²) in [6.07, 6.45) is 3.59. The van der Waals surface area contributed by atoms with Crippen molar-refractivity contribution in [1.29, 1.82) is 0 Å². The molecule has 1 aromatic carbocycles. The summed E-state index contributed by atoms with van der Waals surface area (Å²) in [5.41, 5.74) is 2.27. The third-order valence-corrected chi connectivity index (χ3v) is 3.42. The van der Waals surface area contributed by atoms with E-state index in [0.29, 0.717) is 6.42 Å².